The summed E-state index contributed by atoms with van der Waals surface area (Å²) in [5, 5.41) is 16.2. The zero-order chi connectivity index (χ0) is 16.4. The van der Waals surface area contributed by atoms with E-state index in [0.29, 0.717) is 6.61 Å². The lowest BCUT2D eigenvalue weighted by Gasteiger charge is -2.24. The summed E-state index contributed by atoms with van der Waals surface area (Å²) in [5.41, 5.74) is 4.21. The Hall–Kier alpha value is -2.51. The zero-order valence-electron chi connectivity index (χ0n) is 13.6. The number of aryl methyl sites for hydroxylation is 1. The van der Waals surface area contributed by atoms with Crippen molar-refractivity contribution in [1.82, 2.24) is 30.1 Å². The van der Waals surface area contributed by atoms with Crippen LogP contribution in [0.5, 0.6) is 0 Å². The summed E-state index contributed by atoms with van der Waals surface area (Å²) in [6.45, 7) is 2.81. The Balaban J connectivity index is 1.37. The molecule has 1 aliphatic rings. The standard InChI is InChI=1S/C17H20N6O/c1-22-10-13(8-19-22)7-18-9-15-11-23-16(12-24-15)17(20-21-23)14-5-3-2-4-6-14/h2-6,8,10,15,18H,7,9,11-12H2,1H3/t15-/m1/s1. The molecule has 0 radical (unpaired) electrons. The fourth-order valence-electron chi connectivity index (χ4n) is 2.95. The highest BCUT2D eigenvalue weighted by molar-refractivity contribution is 5.61. The lowest BCUT2D eigenvalue weighted by Crippen LogP contribution is -2.36. The van der Waals surface area contributed by atoms with Crippen molar-refractivity contribution in [1.29, 1.82) is 0 Å². The van der Waals surface area contributed by atoms with Crippen LogP contribution in [0.25, 0.3) is 11.3 Å². The summed E-state index contributed by atoms with van der Waals surface area (Å²) >= 11 is 0. The molecule has 1 aromatic carbocycles. The Labute approximate surface area is 140 Å². The first-order valence-corrected chi connectivity index (χ1v) is 8.07. The smallest absolute Gasteiger partial charge is 0.118 e. The van der Waals surface area contributed by atoms with E-state index in [1.807, 2.05) is 54.5 Å². The maximum absolute atomic E-state index is 5.98. The van der Waals surface area contributed by atoms with Gasteiger partial charge in [0.15, 0.2) is 0 Å². The third-order valence-electron chi connectivity index (χ3n) is 4.18. The van der Waals surface area contributed by atoms with Crippen molar-refractivity contribution in [2.75, 3.05) is 6.54 Å². The lowest BCUT2D eigenvalue weighted by atomic mass is 10.1. The molecule has 3 aromatic rings. The summed E-state index contributed by atoms with van der Waals surface area (Å²) < 4.78 is 9.75. The first-order chi connectivity index (χ1) is 11.8. The van der Waals surface area contributed by atoms with Gasteiger partial charge in [0.25, 0.3) is 0 Å². The highest BCUT2D eigenvalue weighted by atomic mass is 16.5. The van der Waals surface area contributed by atoms with Crippen molar-refractivity contribution in [3.05, 3.63) is 54.0 Å². The van der Waals surface area contributed by atoms with Gasteiger partial charge in [-0.05, 0) is 0 Å². The molecule has 0 saturated heterocycles. The SMILES string of the molecule is Cn1cc(CNC[C@@H]2Cn3nnc(-c4ccccc4)c3CO2)cn1. The average molecular weight is 324 g/mol. The van der Waals surface area contributed by atoms with Gasteiger partial charge in [-0.1, -0.05) is 35.5 Å². The van der Waals surface area contributed by atoms with Crippen LogP contribution in [-0.4, -0.2) is 37.4 Å². The number of nitrogens with one attached hydrogen (secondary N) is 1. The van der Waals surface area contributed by atoms with E-state index in [9.17, 15) is 0 Å². The normalized spacial score (nSPS) is 17.0. The van der Waals surface area contributed by atoms with Crippen molar-refractivity contribution in [2.24, 2.45) is 7.05 Å². The molecule has 0 amide bonds. The highest BCUT2D eigenvalue weighted by Gasteiger charge is 2.24. The first-order valence-electron chi connectivity index (χ1n) is 8.07. The molecule has 2 aromatic heterocycles. The van der Waals surface area contributed by atoms with Crippen LogP contribution in [-0.2, 0) is 31.5 Å². The van der Waals surface area contributed by atoms with Crippen LogP contribution >= 0.6 is 0 Å². The number of nitrogens with zero attached hydrogens (tertiary/aromatic N) is 5. The fourth-order valence-corrected chi connectivity index (χ4v) is 2.95. The third kappa shape index (κ3) is 3.08. The molecule has 7 heteroatoms. The number of rotatable bonds is 5. The Kier molecular flexibility index (Phi) is 4.10. The van der Waals surface area contributed by atoms with Gasteiger partial charge in [0.2, 0.25) is 0 Å². The number of benzene rings is 1. The minimum atomic E-state index is 0.0968. The molecular weight excluding hydrogens is 304 g/mol. The van der Waals surface area contributed by atoms with Gasteiger partial charge >= 0.3 is 0 Å². The molecule has 0 unspecified atom stereocenters. The molecule has 124 valence electrons. The van der Waals surface area contributed by atoms with E-state index in [2.05, 4.69) is 20.7 Å². The van der Waals surface area contributed by atoms with E-state index in [1.54, 1.807) is 4.68 Å². The molecule has 24 heavy (non-hydrogen) atoms. The number of fused-ring (bicyclic) bond motifs is 1. The molecule has 0 bridgehead atoms. The van der Waals surface area contributed by atoms with Crippen molar-refractivity contribution in [3.63, 3.8) is 0 Å². The Morgan fingerprint density at radius 3 is 2.96 bits per heavy atom. The molecule has 1 atom stereocenters. The van der Waals surface area contributed by atoms with Crippen LogP contribution in [0.2, 0.25) is 0 Å². The van der Waals surface area contributed by atoms with Crippen LogP contribution in [0.3, 0.4) is 0 Å². The maximum Gasteiger partial charge on any atom is 0.118 e. The Bertz CT molecular complexity index is 810. The van der Waals surface area contributed by atoms with Crippen molar-refractivity contribution >= 4 is 0 Å². The van der Waals surface area contributed by atoms with Gasteiger partial charge in [0.05, 0.1) is 31.1 Å². The summed E-state index contributed by atoms with van der Waals surface area (Å²) in [6.07, 6.45) is 3.98. The van der Waals surface area contributed by atoms with E-state index < -0.39 is 0 Å². The monoisotopic (exact) mass is 324 g/mol. The Morgan fingerprint density at radius 1 is 1.29 bits per heavy atom. The van der Waals surface area contributed by atoms with Crippen LogP contribution in [0.15, 0.2) is 42.7 Å². The van der Waals surface area contributed by atoms with Gasteiger partial charge in [-0.2, -0.15) is 5.10 Å². The number of ether oxygens (including phenoxy) is 1. The van der Waals surface area contributed by atoms with Gasteiger partial charge in [0, 0.05) is 37.5 Å². The molecule has 1 aliphatic heterocycles. The number of aromatic nitrogens is 5. The summed E-state index contributed by atoms with van der Waals surface area (Å²) in [5.74, 6) is 0. The quantitative estimate of drug-likeness (QED) is 0.767. The minimum absolute atomic E-state index is 0.0968. The lowest BCUT2D eigenvalue weighted by molar-refractivity contribution is 0.00125. The molecule has 7 nitrogen and oxygen atoms in total. The van der Waals surface area contributed by atoms with Crippen LogP contribution in [0.4, 0.5) is 0 Å². The largest absolute Gasteiger partial charge is 0.369 e. The summed E-state index contributed by atoms with van der Waals surface area (Å²) in [4.78, 5) is 0. The van der Waals surface area contributed by atoms with Gasteiger partial charge in [0.1, 0.15) is 5.69 Å². The predicted octanol–water partition coefficient (Wildman–Crippen LogP) is 1.37. The summed E-state index contributed by atoms with van der Waals surface area (Å²) in [6, 6.07) is 10.1. The van der Waals surface area contributed by atoms with E-state index in [1.165, 1.54) is 5.56 Å². The number of hydrogen-bond donors (Lipinski definition) is 1. The highest BCUT2D eigenvalue weighted by Crippen LogP contribution is 2.24. The maximum atomic E-state index is 5.98. The van der Waals surface area contributed by atoms with E-state index in [4.69, 9.17) is 4.74 Å². The molecule has 3 heterocycles. The van der Waals surface area contributed by atoms with E-state index >= 15 is 0 Å². The predicted molar refractivity (Wildman–Crippen MR) is 88.9 cm³/mol. The first kappa shape index (κ1) is 15.0. The van der Waals surface area contributed by atoms with Crippen molar-refractivity contribution in [3.8, 4) is 11.3 Å². The molecule has 0 fully saturated rings. The molecule has 0 aliphatic carbocycles. The molecular formula is C17H20N6O. The average Bonchev–Trinajstić information content (AvgIpc) is 3.21. The second-order valence-corrected chi connectivity index (χ2v) is 6.02. The van der Waals surface area contributed by atoms with Gasteiger partial charge in [-0.15, -0.1) is 5.10 Å². The molecule has 0 saturated carbocycles. The molecule has 1 N–H and O–H groups in total. The van der Waals surface area contributed by atoms with Crippen molar-refractivity contribution < 1.29 is 4.74 Å². The topological polar surface area (TPSA) is 69.8 Å². The molecule has 4 rings (SSSR count). The molecule has 0 spiro atoms. The van der Waals surface area contributed by atoms with Crippen LogP contribution in [0, 0.1) is 0 Å². The summed E-state index contributed by atoms with van der Waals surface area (Å²) in [7, 11) is 1.92. The van der Waals surface area contributed by atoms with Gasteiger partial charge in [-0.25, -0.2) is 4.68 Å². The van der Waals surface area contributed by atoms with Crippen LogP contribution < -0.4 is 5.32 Å². The minimum Gasteiger partial charge on any atom is -0.369 e. The van der Waals surface area contributed by atoms with E-state index in [0.717, 1.165) is 36.6 Å². The van der Waals surface area contributed by atoms with Crippen molar-refractivity contribution in [2.45, 2.75) is 25.8 Å². The number of hydrogen-bond acceptors (Lipinski definition) is 5. The zero-order valence-corrected chi connectivity index (χ0v) is 13.6. The fraction of sp³-hybridized carbons (Fsp3) is 0.353. The van der Waals surface area contributed by atoms with E-state index in [-0.39, 0.29) is 6.10 Å². The van der Waals surface area contributed by atoms with Gasteiger partial charge < -0.3 is 10.1 Å². The second kappa shape index (κ2) is 6.54. The van der Waals surface area contributed by atoms with Crippen LogP contribution in [0.1, 0.15) is 11.3 Å². The second-order valence-electron chi connectivity index (χ2n) is 6.02. The third-order valence-corrected chi connectivity index (χ3v) is 4.18. The Morgan fingerprint density at radius 2 is 2.17 bits per heavy atom. The van der Waals surface area contributed by atoms with Gasteiger partial charge in [-0.3, -0.25) is 4.68 Å².